The Kier molecular flexibility index (Phi) is 3.89. The lowest BCUT2D eigenvalue weighted by atomic mass is 10.3. The third kappa shape index (κ3) is 3.67. The van der Waals surface area contributed by atoms with E-state index in [2.05, 4.69) is 9.28 Å². The summed E-state index contributed by atoms with van der Waals surface area (Å²) < 4.78 is 65.7. The van der Waals surface area contributed by atoms with Gasteiger partial charge < -0.3 is 4.18 Å². The maximum absolute atomic E-state index is 12.7. The minimum Gasteiger partial charge on any atom is -0.362 e. The van der Waals surface area contributed by atoms with Crippen LogP contribution in [0.15, 0.2) is 30.3 Å². The van der Waals surface area contributed by atoms with Gasteiger partial charge in [0.1, 0.15) is 0 Å². The zero-order chi connectivity index (χ0) is 15.8. The van der Waals surface area contributed by atoms with E-state index in [-0.39, 0.29) is 10.7 Å². The van der Waals surface area contributed by atoms with Gasteiger partial charge in [-0.2, -0.15) is 31.4 Å². The Balaban J connectivity index is 2.63. The monoisotopic (exact) mass is 340 g/mol. The Morgan fingerprint density at radius 3 is 2.43 bits per heavy atom. The summed E-state index contributed by atoms with van der Waals surface area (Å²) in [6.45, 7) is 0. The van der Waals surface area contributed by atoms with Crippen molar-refractivity contribution in [2.24, 2.45) is 0 Å². The molecule has 1 aromatic carbocycles. The van der Waals surface area contributed by atoms with Gasteiger partial charge in [-0.25, -0.2) is 0 Å². The third-order valence-electron chi connectivity index (χ3n) is 2.28. The van der Waals surface area contributed by atoms with Crippen LogP contribution in [0.1, 0.15) is 5.69 Å². The highest BCUT2D eigenvalue weighted by Gasteiger charge is 2.36. The molecule has 0 aliphatic carbocycles. The molecular weight excluding hydrogens is 333 g/mol. The second kappa shape index (κ2) is 5.23. The molecule has 0 bridgehead atoms. The van der Waals surface area contributed by atoms with Crippen LogP contribution in [0.25, 0.3) is 5.69 Å². The second-order valence-electron chi connectivity index (χ2n) is 4.02. The van der Waals surface area contributed by atoms with Crippen LogP contribution in [-0.2, 0) is 16.3 Å². The lowest BCUT2D eigenvalue weighted by Gasteiger charge is -2.08. The van der Waals surface area contributed by atoms with Crippen molar-refractivity contribution in [1.82, 2.24) is 9.78 Å². The molecule has 1 heterocycles. The summed E-state index contributed by atoms with van der Waals surface area (Å²) in [5.41, 5.74) is -1.23. The first-order valence-electron chi connectivity index (χ1n) is 5.39. The predicted molar refractivity (Wildman–Crippen MR) is 69.0 cm³/mol. The SMILES string of the molecule is CS(=O)(=O)Oc1cc(C(F)(F)F)nn1-c1ccccc1Cl. The summed E-state index contributed by atoms with van der Waals surface area (Å²) in [5, 5.41) is 3.40. The standard InChI is InChI=1S/C11H8ClF3N2O3S/c1-21(18,19)20-10-6-9(11(13,14)15)16-17(10)8-5-3-2-4-7(8)12/h2-6H,1H3. The summed E-state index contributed by atoms with van der Waals surface area (Å²) >= 11 is 5.88. The van der Waals surface area contributed by atoms with Crippen molar-refractivity contribution < 1.29 is 25.8 Å². The zero-order valence-electron chi connectivity index (χ0n) is 10.4. The summed E-state index contributed by atoms with van der Waals surface area (Å²) in [5.74, 6) is -0.599. The first-order valence-corrected chi connectivity index (χ1v) is 7.59. The number of hydrogen-bond acceptors (Lipinski definition) is 4. The molecule has 5 nitrogen and oxygen atoms in total. The van der Waals surface area contributed by atoms with Crippen LogP contribution in [-0.4, -0.2) is 24.5 Å². The Hall–Kier alpha value is -1.74. The van der Waals surface area contributed by atoms with E-state index in [0.717, 1.165) is 0 Å². The van der Waals surface area contributed by atoms with Gasteiger partial charge in [0.25, 0.3) is 0 Å². The maximum atomic E-state index is 12.7. The summed E-state index contributed by atoms with van der Waals surface area (Å²) in [4.78, 5) is 0. The summed E-state index contributed by atoms with van der Waals surface area (Å²) in [7, 11) is -4.02. The number of rotatable bonds is 3. The normalized spacial score (nSPS) is 12.4. The van der Waals surface area contributed by atoms with Gasteiger partial charge in [0.05, 0.1) is 17.0 Å². The Labute approximate surface area is 123 Å². The van der Waals surface area contributed by atoms with E-state index in [1.807, 2.05) is 0 Å². The highest BCUT2D eigenvalue weighted by Crippen LogP contribution is 2.33. The van der Waals surface area contributed by atoms with Crippen molar-refractivity contribution in [1.29, 1.82) is 0 Å². The average molecular weight is 341 g/mol. The highest BCUT2D eigenvalue weighted by molar-refractivity contribution is 7.86. The van der Waals surface area contributed by atoms with Gasteiger partial charge in [0.2, 0.25) is 5.88 Å². The topological polar surface area (TPSA) is 61.2 Å². The van der Waals surface area contributed by atoms with E-state index in [1.54, 1.807) is 6.07 Å². The third-order valence-corrected chi connectivity index (χ3v) is 3.08. The smallest absolute Gasteiger partial charge is 0.362 e. The summed E-state index contributed by atoms with van der Waals surface area (Å²) in [6, 6.07) is 6.38. The number of benzene rings is 1. The number of alkyl halides is 3. The van der Waals surface area contributed by atoms with Crippen LogP contribution in [0.3, 0.4) is 0 Å². The van der Waals surface area contributed by atoms with Gasteiger partial charge in [0, 0.05) is 6.07 Å². The van der Waals surface area contributed by atoms with Crippen molar-refractivity contribution in [2.75, 3.05) is 6.26 Å². The van der Waals surface area contributed by atoms with Crippen LogP contribution in [0.4, 0.5) is 13.2 Å². The molecule has 0 saturated carbocycles. The number of nitrogens with zero attached hydrogens (tertiary/aromatic N) is 2. The van der Waals surface area contributed by atoms with Crippen molar-refractivity contribution >= 4 is 21.7 Å². The molecule has 114 valence electrons. The number of aromatic nitrogens is 2. The first-order chi connectivity index (χ1) is 9.58. The molecule has 10 heteroatoms. The summed E-state index contributed by atoms with van der Waals surface area (Å²) in [6.07, 6.45) is -4.04. The molecule has 0 fully saturated rings. The van der Waals surface area contributed by atoms with Crippen LogP contribution >= 0.6 is 11.6 Å². The van der Waals surface area contributed by atoms with E-state index in [1.165, 1.54) is 18.2 Å². The molecule has 0 amide bonds. The predicted octanol–water partition coefficient (Wildman–Crippen LogP) is 2.88. The van der Waals surface area contributed by atoms with E-state index in [4.69, 9.17) is 11.6 Å². The molecular formula is C11H8ClF3N2O3S. The molecule has 21 heavy (non-hydrogen) atoms. The van der Waals surface area contributed by atoms with Gasteiger partial charge in [-0.05, 0) is 12.1 Å². The van der Waals surface area contributed by atoms with E-state index < -0.39 is 27.9 Å². The molecule has 0 atom stereocenters. The van der Waals surface area contributed by atoms with Crippen LogP contribution in [0.2, 0.25) is 5.02 Å². The molecule has 0 radical (unpaired) electrons. The van der Waals surface area contributed by atoms with E-state index >= 15 is 0 Å². The Morgan fingerprint density at radius 1 is 1.29 bits per heavy atom. The molecule has 0 saturated heterocycles. The molecule has 0 unspecified atom stereocenters. The highest BCUT2D eigenvalue weighted by atomic mass is 35.5. The fraction of sp³-hybridized carbons (Fsp3) is 0.182. The molecule has 0 aliphatic heterocycles. The zero-order valence-corrected chi connectivity index (χ0v) is 12.0. The Bertz CT molecular complexity index is 771. The van der Waals surface area contributed by atoms with Crippen molar-refractivity contribution in [3.8, 4) is 11.6 Å². The van der Waals surface area contributed by atoms with E-state index in [9.17, 15) is 21.6 Å². The van der Waals surface area contributed by atoms with Gasteiger partial charge in [-0.3, -0.25) is 0 Å². The fourth-order valence-electron chi connectivity index (χ4n) is 1.51. The lowest BCUT2D eigenvalue weighted by molar-refractivity contribution is -0.141. The molecule has 0 aliphatic rings. The van der Waals surface area contributed by atoms with Gasteiger partial charge in [0.15, 0.2) is 5.69 Å². The fourth-order valence-corrected chi connectivity index (χ4v) is 2.16. The molecule has 2 rings (SSSR count). The first kappa shape index (κ1) is 15.6. The molecule has 0 N–H and O–H groups in total. The van der Waals surface area contributed by atoms with Gasteiger partial charge in [-0.1, -0.05) is 23.7 Å². The van der Waals surface area contributed by atoms with Crippen molar-refractivity contribution in [3.63, 3.8) is 0 Å². The lowest BCUT2D eigenvalue weighted by Crippen LogP contribution is -2.10. The van der Waals surface area contributed by atoms with Crippen LogP contribution in [0, 0.1) is 0 Å². The van der Waals surface area contributed by atoms with Gasteiger partial charge in [-0.15, -0.1) is 0 Å². The molecule has 2 aromatic rings. The van der Waals surface area contributed by atoms with Crippen LogP contribution in [0.5, 0.6) is 5.88 Å². The minimum atomic E-state index is -4.75. The molecule has 0 spiro atoms. The number of halogens is 4. The average Bonchev–Trinajstić information content (AvgIpc) is 2.71. The maximum Gasteiger partial charge on any atom is 0.435 e. The molecule has 1 aromatic heterocycles. The van der Waals surface area contributed by atoms with Crippen LogP contribution < -0.4 is 4.18 Å². The quantitative estimate of drug-likeness (QED) is 0.806. The van der Waals surface area contributed by atoms with E-state index in [0.29, 0.717) is 17.0 Å². The minimum absolute atomic E-state index is 0.0633. The van der Waals surface area contributed by atoms with Gasteiger partial charge >= 0.3 is 16.3 Å². The largest absolute Gasteiger partial charge is 0.435 e. The second-order valence-corrected chi connectivity index (χ2v) is 6.00. The van der Waals surface area contributed by atoms with Crippen molar-refractivity contribution in [3.05, 3.63) is 41.0 Å². The Morgan fingerprint density at radius 2 is 1.90 bits per heavy atom. The van der Waals surface area contributed by atoms with Crippen molar-refractivity contribution in [2.45, 2.75) is 6.18 Å². The number of para-hydroxylation sites is 1. The number of hydrogen-bond donors (Lipinski definition) is 0.